The average Bonchev–Trinajstić information content (AvgIpc) is 2.42. The molecule has 0 saturated carbocycles. The highest BCUT2D eigenvalue weighted by molar-refractivity contribution is 9.10. The lowest BCUT2D eigenvalue weighted by Crippen LogP contribution is -1.96. The maximum Gasteiger partial charge on any atom is 0.0555 e. The lowest BCUT2D eigenvalue weighted by molar-refractivity contribution is 1.05. The summed E-state index contributed by atoms with van der Waals surface area (Å²) in [5.74, 6) is 0. The van der Waals surface area contributed by atoms with Gasteiger partial charge in [-0.1, -0.05) is 11.6 Å². The molecule has 14 heavy (non-hydrogen) atoms. The predicted octanol–water partition coefficient (Wildman–Crippen LogP) is 3.35. The first-order chi connectivity index (χ1) is 6.63. The molecule has 0 atom stereocenters. The third-order valence-corrected chi connectivity index (χ3v) is 3.56. The first-order valence-corrected chi connectivity index (χ1v) is 5.47. The van der Waals surface area contributed by atoms with E-state index in [1.54, 1.807) is 0 Å². The monoisotopic (exact) mass is 272 g/mol. The van der Waals surface area contributed by atoms with Crippen LogP contribution in [0.3, 0.4) is 0 Å². The molecule has 0 radical (unpaired) electrons. The van der Waals surface area contributed by atoms with E-state index in [1.165, 1.54) is 0 Å². The Bertz CT molecular complexity index is 490. The summed E-state index contributed by atoms with van der Waals surface area (Å²) in [6, 6.07) is 3.91. The van der Waals surface area contributed by atoms with Gasteiger partial charge in [0.2, 0.25) is 0 Å². The molecule has 0 spiro atoms. The maximum absolute atomic E-state index is 6.02. The first kappa shape index (κ1) is 10.0. The van der Waals surface area contributed by atoms with Gasteiger partial charge in [0.1, 0.15) is 0 Å². The third kappa shape index (κ3) is 1.45. The number of aromatic nitrogens is 1. The van der Waals surface area contributed by atoms with Crippen LogP contribution in [0.15, 0.2) is 16.6 Å². The van der Waals surface area contributed by atoms with Crippen molar-refractivity contribution in [1.29, 1.82) is 0 Å². The Balaban J connectivity index is 2.82. The minimum absolute atomic E-state index is 0.532. The summed E-state index contributed by atoms with van der Waals surface area (Å²) in [6.45, 7) is 2.55. The van der Waals surface area contributed by atoms with Crippen LogP contribution in [-0.2, 0) is 6.54 Å². The van der Waals surface area contributed by atoms with Crippen LogP contribution in [-0.4, -0.2) is 4.98 Å². The van der Waals surface area contributed by atoms with Crippen molar-refractivity contribution in [1.82, 2.24) is 4.98 Å². The number of H-pyrrole nitrogens is 1. The highest BCUT2D eigenvalue weighted by Gasteiger charge is 2.08. The van der Waals surface area contributed by atoms with E-state index < -0.39 is 0 Å². The van der Waals surface area contributed by atoms with E-state index in [-0.39, 0.29) is 0 Å². The Morgan fingerprint density at radius 1 is 1.50 bits per heavy atom. The van der Waals surface area contributed by atoms with E-state index in [1.807, 2.05) is 19.1 Å². The molecule has 1 heterocycles. The summed E-state index contributed by atoms with van der Waals surface area (Å²) >= 11 is 9.41. The molecule has 3 N–H and O–H groups in total. The van der Waals surface area contributed by atoms with Gasteiger partial charge in [0.15, 0.2) is 0 Å². The van der Waals surface area contributed by atoms with Crippen LogP contribution in [0.5, 0.6) is 0 Å². The van der Waals surface area contributed by atoms with Crippen molar-refractivity contribution in [3.05, 3.63) is 32.9 Å². The van der Waals surface area contributed by atoms with Crippen LogP contribution in [0, 0.1) is 6.92 Å². The van der Waals surface area contributed by atoms with Crippen LogP contribution >= 0.6 is 27.5 Å². The number of rotatable bonds is 1. The van der Waals surface area contributed by atoms with Crippen LogP contribution in [0.2, 0.25) is 5.02 Å². The van der Waals surface area contributed by atoms with Crippen molar-refractivity contribution in [2.45, 2.75) is 13.5 Å². The van der Waals surface area contributed by atoms with Gasteiger partial charge in [0.05, 0.1) is 5.02 Å². The standard InChI is InChI=1S/C10H10BrClN2/c1-5-7(4-13)6-2-9(12)8(11)3-10(6)14-5/h2-3,14H,4,13H2,1H3. The molecule has 0 aliphatic heterocycles. The molecule has 0 saturated heterocycles. The molecule has 0 amide bonds. The second-order valence-electron chi connectivity index (χ2n) is 3.24. The van der Waals surface area contributed by atoms with E-state index in [0.717, 1.165) is 26.6 Å². The van der Waals surface area contributed by atoms with E-state index in [0.29, 0.717) is 11.6 Å². The minimum atomic E-state index is 0.532. The normalized spacial score (nSPS) is 11.1. The number of fused-ring (bicyclic) bond motifs is 1. The van der Waals surface area contributed by atoms with Crippen LogP contribution in [0.4, 0.5) is 0 Å². The summed E-state index contributed by atoms with van der Waals surface area (Å²) in [5, 5.41) is 1.82. The molecule has 0 unspecified atom stereocenters. The van der Waals surface area contributed by atoms with Gasteiger partial charge >= 0.3 is 0 Å². The highest BCUT2D eigenvalue weighted by atomic mass is 79.9. The number of benzene rings is 1. The van der Waals surface area contributed by atoms with Gasteiger partial charge in [0, 0.05) is 27.6 Å². The summed E-state index contributed by atoms with van der Waals surface area (Å²) < 4.78 is 0.900. The second kappa shape index (κ2) is 3.57. The molecule has 0 fully saturated rings. The minimum Gasteiger partial charge on any atom is -0.358 e. The Morgan fingerprint density at radius 2 is 2.21 bits per heavy atom. The molecule has 1 aromatic heterocycles. The summed E-state index contributed by atoms with van der Waals surface area (Å²) in [5.41, 5.74) is 8.98. The largest absolute Gasteiger partial charge is 0.358 e. The lowest BCUT2D eigenvalue weighted by Gasteiger charge is -1.98. The summed E-state index contributed by atoms with van der Waals surface area (Å²) in [7, 11) is 0. The van der Waals surface area contributed by atoms with E-state index in [4.69, 9.17) is 17.3 Å². The fraction of sp³-hybridized carbons (Fsp3) is 0.200. The molecular weight excluding hydrogens is 263 g/mol. The van der Waals surface area contributed by atoms with Crippen LogP contribution < -0.4 is 5.73 Å². The SMILES string of the molecule is Cc1[nH]c2cc(Br)c(Cl)cc2c1CN. The van der Waals surface area contributed by atoms with Gasteiger partial charge in [-0.2, -0.15) is 0 Å². The summed E-state index contributed by atoms with van der Waals surface area (Å²) in [4.78, 5) is 3.28. The van der Waals surface area contributed by atoms with Crippen molar-refractivity contribution in [2.75, 3.05) is 0 Å². The van der Waals surface area contributed by atoms with Crippen molar-refractivity contribution in [3.8, 4) is 0 Å². The number of aryl methyl sites for hydroxylation is 1. The predicted molar refractivity (Wildman–Crippen MR) is 63.6 cm³/mol. The fourth-order valence-corrected chi connectivity index (χ4v) is 2.15. The van der Waals surface area contributed by atoms with E-state index in [2.05, 4.69) is 20.9 Å². The van der Waals surface area contributed by atoms with Gasteiger partial charge < -0.3 is 10.7 Å². The number of nitrogens with one attached hydrogen (secondary N) is 1. The molecule has 2 rings (SSSR count). The van der Waals surface area contributed by atoms with Gasteiger partial charge in [-0.15, -0.1) is 0 Å². The van der Waals surface area contributed by atoms with Gasteiger partial charge in [-0.05, 0) is 40.5 Å². The Morgan fingerprint density at radius 3 is 2.86 bits per heavy atom. The Hall–Kier alpha value is -0.510. The Labute approximate surface area is 95.6 Å². The maximum atomic E-state index is 6.02. The average molecular weight is 274 g/mol. The first-order valence-electron chi connectivity index (χ1n) is 4.29. The molecule has 0 aliphatic rings. The third-order valence-electron chi connectivity index (χ3n) is 2.36. The zero-order valence-electron chi connectivity index (χ0n) is 7.70. The van der Waals surface area contributed by atoms with Crippen molar-refractivity contribution < 1.29 is 0 Å². The molecule has 74 valence electrons. The van der Waals surface area contributed by atoms with Crippen molar-refractivity contribution >= 4 is 38.4 Å². The molecule has 0 bridgehead atoms. The molecule has 4 heteroatoms. The van der Waals surface area contributed by atoms with Gasteiger partial charge in [-0.3, -0.25) is 0 Å². The smallest absolute Gasteiger partial charge is 0.0555 e. The zero-order valence-corrected chi connectivity index (χ0v) is 10.0. The van der Waals surface area contributed by atoms with Crippen LogP contribution in [0.25, 0.3) is 10.9 Å². The van der Waals surface area contributed by atoms with Crippen LogP contribution in [0.1, 0.15) is 11.3 Å². The number of nitrogens with two attached hydrogens (primary N) is 1. The zero-order chi connectivity index (χ0) is 10.3. The molecule has 2 aromatic rings. The fourth-order valence-electron chi connectivity index (χ4n) is 1.64. The molecule has 1 aromatic carbocycles. The van der Waals surface area contributed by atoms with E-state index >= 15 is 0 Å². The quantitative estimate of drug-likeness (QED) is 0.822. The molecule has 2 nitrogen and oxygen atoms in total. The molecular formula is C10H10BrClN2. The highest BCUT2D eigenvalue weighted by Crippen LogP contribution is 2.30. The number of hydrogen-bond acceptors (Lipinski definition) is 1. The summed E-state index contributed by atoms with van der Waals surface area (Å²) in [6.07, 6.45) is 0. The number of hydrogen-bond donors (Lipinski definition) is 2. The lowest BCUT2D eigenvalue weighted by atomic mass is 10.1. The second-order valence-corrected chi connectivity index (χ2v) is 4.51. The number of halogens is 2. The van der Waals surface area contributed by atoms with E-state index in [9.17, 15) is 0 Å². The van der Waals surface area contributed by atoms with Gasteiger partial charge in [0.25, 0.3) is 0 Å². The van der Waals surface area contributed by atoms with Gasteiger partial charge in [-0.25, -0.2) is 0 Å². The molecule has 0 aliphatic carbocycles. The number of aromatic amines is 1. The van der Waals surface area contributed by atoms with Crippen molar-refractivity contribution in [2.24, 2.45) is 5.73 Å². The Kier molecular flexibility index (Phi) is 2.56. The van der Waals surface area contributed by atoms with Crippen molar-refractivity contribution in [3.63, 3.8) is 0 Å². The topological polar surface area (TPSA) is 41.8 Å².